The summed E-state index contributed by atoms with van der Waals surface area (Å²) in [5, 5.41) is 0. The van der Waals surface area contributed by atoms with Crippen LogP contribution in [0.1, 0.15) is 11.1 Å². The van der Waals surface area contributed by atoms with Crippen LogP contribution >= 0.6 is 0 Å². The maximum absolute atomic E-state index is 12.1. The van der Waals surface area contributed by atoms with E-state index in [9.17, 15) is 4.79 Å². The third-order valence-corrected chi connectivity index (χ3v) is 4.21. The molecule has 2 rings (SSSR count). The Balaban J connectivity index is 1.82. The molecule has 1 saturated heterocycles. The Morgan fingerprint density at radius 3 is 2.55 bits per heavy atom. The van der Waals surface area contributed by atoms with E-state index in [0.29, 0.717) is 13.2 Å². The van der Waals surface area contributed by atoms with Crippen LogP contribution in [0.25, 0.3) is 0 Å². The monoisotopic (exact) mass is 306 g/mol. The van der Waals surface area contributed by atoms with Crippen LogP contribution in [-0.4, -0.2) is 63.9 Å². The zero-order chi connectivity index (χ0) is 15.9. The highest BCUT2D eigenvalue weighted by Gasteiger charge is 2.22. The van der Waals surface area contributed by atoms with Crippen molar-refractivity contribution in [3.05, 3.63) is 29.3 Å². The summed E-state index contributed by atoms with van der Waals surface area (Å²) in [7, 11) is 1.62. The molecule has 0 unspecified atom stereocenters. The van der Waals surface area contributed by atoms with Gasteiger partial charge in [0, 0.05) is 39.0 Å². The van der Waals surface area contributed by atoms with Crippen LogP contribution in [0.2, 0.25) is 0 Å². The first kappa shape index (κ1) is 16.8. The molecule has 5 nitrogen and oxygen atoms in total. The first-order chi connectivity index (χ1) is 10.6. The van der Waals surface area contributed by atoms with Gasteiger partial charge in [0.1, 0.15) is 6.61 Å². The summed E-state index contributed by atoms with van der Waals surface area (Å²) in [6.45, 7) is 8.66. The maximum atomic E-state index is 12.1. The molecule has 0 bridgehead atoms. The fraction of sp³-hybridized carbons (Fsp3) is 0.588. The van der Waals surface area contributed by atoms with Gasteiger partial charge >= 0.3 is 0 Å². The van der Waals surface area contributed by atoms with Crippen LogP contribution in [0.15, 0.2) is 18.2 Å². The number of ether oxygens (including phenoxy) is 2. The molecular weight excluding hydrogens is 280 g/mol. The number of hydrogen-bond donors (Lipinski definition) is 0. The number of rotatable bonds is 6. The fourth-order valence-corrected chi connectivity index (χ4v) is 2.67. The third-order valence-electron chi connectivity index (χ3n) is 4.21. The number of carbonyl (C=O) groups is 1. The lowest BCUT2D eigenvalue weighted by molar-refractivity contribution is -0.136. The Labute approximate surface area is 132 Å². The van der Waals surface area contributed by atoms with Crippen LogP contribution in [0.4, 0.5) is 5.69 Å². The van der Waals surface area contributed by atoms with Crippen molar-refractivity contribution in [2.24, 2.45) is 0 Å². The van der Waals surface area contributed by atoms with Crippen molar-refractivity contribution in [2.45, 2.75) is 13.8 Å². The number of carbonyl (C=O) groups excluding carboxylic acids is 1. The Morgan fingerprint density at radius 2 is 1.86 bits per heavy atom. The highest BCUT2D eigenvalue weighted by Crippen LogP contribution is 2.23. The van der Waals surface area contributed by atoms with Crippen LogP contribution in [0.5, 0.6) is 0 Å². The molecule has 22 heavy (non-hydrogen) atoms. The summed E-state index contributed by atoms with van der Waals surface area (Å²) in [5.41, 5.74) is 3.91. The molecule has 0 N–H and O–H groups in total. The molecule has 1 aromatic carbocycles. The van der Waals surface area contributed by atoms with Gasteiger partial charge in [-0.05, 0) is 31.0 Å². The van der Waals surface area contributed by atoms with E-state index in [2.05, 4.69) is 36.9 Å². The molecule has 0 aromatic heterocycles. The number of piperazine rings is 1. The van der Waals surface area contributed by atoms with Crippen LogP contribution < -0.4 is 4.90 Å². The summed E-state index contributed by atoms with van der Waals surface area (Å²) in [6, 6.07) is 6.39. The number of aryl methyl sites for hydroxylation is 1. The van der Waals surface area contributed by atoms with E-state index in [-0.39, 0.29) is 12.5 Å². The molecule has 0 spiro atoms. The van der Waals surface area contributed by atoms with Crippen molar-refractivity contribution in [3.63, 3.8) is 0 Å². The number of amides is 1. The van der Waals surface area contributed by atoms with Crippen molar-refractivity contribution >= 4 is 11.6 Å². The second-order valence-electron chi connectivity index (χ2n) is 5.63. The molecule has 1 aliphatic rings. The average Bonchev–Trinajstić information content (AvgIpc) is 2.54. The molecule has 0 aliphatic carbocycles. The van der Waals surface area contributed by atoms with Gasteiger partial charge < -0.3 is 19.3 Å². The summed E-state index contributed by atoms with van der Waals surface area (Å²) in [6.07, 6.45) is 0. The van der Waals surface area contributed by atoms with E-state index in [1.54, 1.807) is 7.11 Å². The Kier molecular flexibility index (Phi) is 6.21. The Morgan fingerprint density at radius 1 is 1.14 bits per heavy atom. The normalized spacial score (nSPS) is 15.2. The number of hydrogen-bond acceptors (Lipinski definition) is 4. The van der Waals surface area contributed by atoms with E-state index in [1.807, 2.05) is 4.90 Å². The van der Waals surface area contributed by atoms with Gasteiger partial charge in [0.2, 0.25) is 5.91 Å². The highest BCUT2D eigenvalue weighted by molar-refractivity contribution is 5.77. The minimum atomic E-state index is 0.0664. The lowest BCUT2D eigenvalue weighted by atomic mass is 10.1. The van der Waals surface area contributed by atoms with Gasteiger partial charge in [0.25, 0.3) is 0 Å². The molecule has 0 atom stereocenters. The van der Waals surface area contributed by atoms with Crippen LogP contribution in [0.3, 0.4) is 0 Å². The predicted molar refractivity (Wildman–Crippen MR) is 87.4 cm³/mol. The number of anilines is 1. The van der Waals surface area contributed by atoms with Gasteiger partial charge in [-0.15, -0.1) is 0 Å². The van der Waals surface area contributed by atoms with E-state index < -0.39 is 0 Å². The smallest absolute Gasteiger partial charge is 0.248 e. The molecule has 122 valence electrons. The van der Waals surface area contributed by atoms with Gasteiger partial charge in [0.05, 0.1) is 13.2 Å². The van der Waals surface area contributed by atoms with Gasteiger partial charge in [-0.3, -0.25) is 4.79 Å². The van der Waals surface area contributed by atoms with Crippen molar-refractivity contribution in [1.82, 2.24) is 4.90 Å². The lowest BCUT2D eigenvalue weighted by Gasteiger charge is -2.37. The average molecular weight is 306 g/mol. The number of nitrogens with zero attached hydrogens (tertiary/aromatic N) is 2. The molecule has 0 radical (unpaired) electrons. The molecule has 0 saturated carbocycles. The predicted octanol–water partition coefficient (Wildman–Crippen LogP) is 1.62. The van der Waals surface area contributed by atoms with Crippen molar-refractivity contribution in [1.29, 1.82) is 0 Å². The van der Waals surface area contributed by atoms with E-state index >= 15 is 0 Å². The molecule has 1 heterocycles. The van der Waals surface area contributed by atoms with Gasteiger partial charge in [-0.2, -0.15) is 0 Å². The van der Waals surface area contributed by atoms with Crippen molar-refractivity contribution in [2.75, 3.05) is 58.0 Å². The highest BCUT2D eigenvalue weighted by atomic mass is 16.5. The molecule has 1 aliphatic heterocycles. The van der Waals surface area contributed by atoms with Gasteiger partial charge in [-0.25, -0.2) is 0 Å². The summed E-state index contributed by atoms with van der Waals surface area (Å²) >= 11 is 0. The second kappa shape index (κ2) is 8.15. The minimum absolute atomic E-state index is 0.0664. The molecule has 1 aromatic rings. The van der Waals surface area contributed by atoms with Gasteiger partial charge in [-0.1, -0.05) is 12.1 Å². The van der Waals surface area contributed by atoms with Crippen molar-refractivity contribution in [3.8, 4) is 0 Å². The van der Waals surface area contributed by atoms with E-state index in [0.717, 1.165) is 26.2 Å². The Hall–Kier alpha value is -1.59. The molecule has 5 heteroatoms. The molecular formula is C17H26N2O3. The fourth-order valence-electron chi connectivity index (χ4n) is 2.67. The van der Waals surface area contributed by atoms with E-state index in [1.165, 1.54) is 16.8 Å². The first-order valence-electron chi connectivity index (χ1n) is 7.79. The number of methoxy groups -OCH3 is 1. The maximum Gasteiger partial charge on any atom is 0.248 e. The van der Waals surface area contributed by atoms with Crippen molar-refractivity contribution < 1.29 is 14.3 Å². The molecule has 1 amide bonds. The third kappa shape index (κ3) is 4.21. The zero-order valence-corrected chi connectivity index (χ0v) is 13.8. The SMILES string of the molecule is COCCOCC(=O)N1CCN(c2cccc(C)c2C)CC1. The summed E-state index contributed by atoms with van der Waals surface area (Å²) in [4.78, 5) is 16.3. The largest absolute Gasteiger partial charge is 0.382 e. The summed E-state index contributed by atoms with van der Waals surface area (Å²) < 4.78 is 10.2. The Bertz CT molecular complexity index is 497. The standard InChI is InChI=1S/C17H26N2O3/c1-14-5-4-6-16(15(14)2)18-7-9-19(10-8-18)17(20)13-22-12-11-21-3/h4-6H,7-13H2,1-3H3. The summed E-state index contributed by atoms with van der Waals surface area (Å²) in [5.74, 6) is 0.0664. The minimum Gasteiger partial charge on any atom is -0.382 e. The van der Waals surface area contributed by atoms with Crippen LogP contribution in [0, 0.1) is 13.8 Å². The first-order valence-corrected chi connectivity index (χ1v) is 7.79. The van der Waals surface area contributed by atoms with E-state index in [4.69, 9.17) is 9.47 Å². The zero-order valence-electron chi connectivity index (χ0n) is 13.8. The second-order valence-corrected chi connectivity index (χ2v) is 5.63. The topological polar surface area (TPSA) is 42.0 Å². The lowest BCUT2D eigenvalue weighted by Crippen LogP contribution is -2.50. The van der Waals surface area contributed by atoms with Crippen LogP contribution in [-0.2, 0) is 14.3 Å². The van der Waals surface area contributed by atoms with Gasteiger partial charge in [0.15, 0.2) is 0 Å². The molecule has 1 fully saturated rings. The quantitative estimate of drug-likeness (QED) is 0.749. The number of benzene rings is 1.